The Morgan fingerprint density at radius 2 is 1.33 bits per heavy atom. The van der Waals surface area contributed by atoms with Gasteiger partial charge < -0.3 is 10.1 Å². The minimum Gasteiger partial charge on any atom is -0.328 e. The summed E-state index contributed by atoms with van der Waals surface area (Å²) in [5.74, 6) is 0.277. The molecular formula is C17H32N2O2. The molecule has 0 bridgehead atoms. The minimum atomic E-state index is -0.345. The van der Waals surface area contributed by atoms with Crippen LogP contribution in [0.3, 0.4) is 0 Å². The van der Waals surface area contributed by atoms with Gasteiger partial charge in [0.25, 0.3) is 0 Å². The van der Waals surface area contributed by atoms with Crippen molar-refractivity contribution in [3.63, 3.8) is 0 Å². The van der Waals surface area contributed by atoms with Gasteiger partial charge >= 0.3 is 0 Å². The average Bonchev–Trinajstić information content (AvgIpc) is 2.87. The molecule has 2 aliphatic heterocycles. The summed E-state index contributed by atoms with van der Waals surface area (Å²) in [5, 5.41) is 3.38. The smallest absolute Gasteiger partial charge is 0.192 e. The monoisotopic (exact) mass is 296 g/mol. The van der Waals surface area contributed by atoms with E-state index in [1.165, 1.54) is 64.2 Å². The van der Waals surface area contributed by atoms with Crippen LogP contribution in [0.2, 0.25) is 0 Å². The molecule has 122 valence electrons. The standard InChI is InChI=1S/C17H32N2O2/c1-2-4-6-8-10-15(9-7-5-3-1)16-19-21-17(20-16)11-13-18-14-12-17/h15-16,18-19H,1-14H2. The minimum absolute atomic E-state index is 0.115. The van der Waals surface area contributed by atoms with Crippen LogP contribution in [0.25, 0.3) is 0 Å². The van der Waals surface area contributed by atoms with Crippen molar-refractivity contribution in [3.05, 3.63) is 0 Å². The maximum atomic E-state index is 6.36. The van der Waals surface area contributed by atoms with Gasteiger partial charge in [-0.25, -0.2) is 0 Å². The Morgan fingerprint density at radius 3 is 1.95 bits per heavy atom. The Bertz CT molecular complexity index is 293. The van der Waals surface area contributed by atoms with Gasteiger partial charge in [-0.1, -0.05) is 51.4 Å². The summed E-state index contributed by atoms with van der Waals surface area (Å²) in [4.78, 5) is 5.89. The van der Waals surface area contributed by atoms with E-state index in [2.05, 4.69) is 10.8 Å². The molecule has 1 spiro atoms. The van der Waals surface area contributed by atoms with Gasteiger partial charge in [0.05, 0.1) is 0 Å². The number of hydrogen-bond donors (Lipinski definition) is 2. The Balaban J connectivity index is 1.53. The SMILES string of the molecule is C1CCCCCC(C2NOC3(CCNCC3)O2)CCCC1. The third-order valence-electron chi connectivity index (χ3n) is 5.40. The second-order valence-corrected chi connectivity index (χ2v) is 7.08. The van der Waals surface area contributed by atoms with Crippen molar-refractivity contribution in [1.29, 1.82) is 0 Å². The molecule has 4 nitrogen and oxygen atoms in total. The van der Waals surface area contributed by atoms with Crippen LogP contribution in [0.5, 0.6) is 0 Å². The molecule has 3 rings (SSSR count). The Hall–Kier alpha value is -0.160. The summed E-state index contributed by atoms with van der Waals surface area (Å²) < 4.78 is 6.36. The quantitative estimate of drug-likeness (QED) is 0.777. The van der Waals surface area contributed by atoms with Crippen molar-refractivity contribution in [2.75, 3.05) is 13.1 Å². The number of ether oxygens (including phenoxy) is 1. The zero-order valence-electron chi connectivity index (χ0n) is 13.4. The van der Waals surface area contributed by atoms with Crippen LogP contribution in [0, 0.1) is 5.92 Å². The molecule has 0 radical (unpaired) electrons. The first-order valence-corrected chi connectivity index (χ1v) is 9.20. The largest absolute Gasteiger partial charge is 0.328 e. The Labute approximate surface area is 129 Å². The normalized spacial score (nSPS) is 32.9. The highest BCUT2D eigenvalue weighted by molar-refractivity contribution is 4.83. The molecule has 0 amide bonds. The van der Waals surface area contributed by atoms with Gasteiger partial charge in [0.15, 0.2) is 5.79 Å². The lowest BCUT2D eigenvalue weighted by atomic mass is 9.93. The van der Waals surface area contributed by atoms with E-state index < -0.39 is 0 Å². The van der Waals surface area contributed by atoms with Crippen molar-refractivity contribution in [2.45, 2.75) is 89.1 Å². The molecule has 1 unspecified atom stereocenters. The van der Waals surface area contributed by atoms with Crippen molar-refractivity contribution >= 4 is 0 Å². The molecule has 2 N–H and O–H groups in total. The molecule has 2 heterocycles. The highest BCUT2D eigenvalue weighted by Crippen LogP contribution is 2.35. The summed E-state index contributed by atoms with van der Waals surface area (Å²) in [6, 6.07) is 0. The van der Waals surface area contributed by atoms with E-state index in [4.69, 9.17) is 9.57 Å². The predicted molar refractivity (Wildman–Crippen MR) is 83.6 cm³/mol. The lowest BCUT2D eigenvalue weighted by Crippen LogP contribution is -2.43. The third-order valence-corrected chi connectivity index (χ3v) is 5.40. The Kier molecular flexibility index (Phi) is 5.92. The summed E-state index contributed by atoms with van der Waals surface area (Å²) in [6.45, 7) is 2.00. The van der Waals surface area contributed by atoms with Crippen molar-refractivity contribution in [3.8, 4) is 0 Å². The van der Waals surface area contributed by atoms with Crippen LogP contribution in [0.1, 0.15) is 77.0 Å². The van der Waals surface area contributed by atoms with E-state index in [9.17, 15) is 0 Å². The van der Waals surface area contributed by atoms with Crippen LogP contribution in [0.4, 0.5) is 0 Å². The zero-order chi connectivity index (χ0) is 14.4. The van der Waals surface area contributed by atoms with Gasteiger partial charge in [-0.3, -0.25) is 4.84 Å². The second kappa shape index (κ2) is 7.91. The number of nitrogens with one attached hydrogen (secondary N) is 2. The summed E-state index contributed by atoms with van der Waals surface area (Å²) in [5.41, 5.74) is 3.24. The number of hydroxylamine groups is 1. The number of piperidine rings is 1. The van der Waals surface area contributed by atoms with Crippen molar-refractivity contribution in [1.82, 2.24) is 10.8 Å². The summed E-state index contributed by atoms with van der Waals surface area (Å²) >= 11 is 0. The van der Waals surface area contributed by atoms with Crippen molar-refractivity contribution in [2.24, 2.45) is 5.92 Å². The molecule has 4 heteroatoms. The maximum absolute atomic E-state index is 6.36. The highest BCUT2D eigenvalue weighted by Gasteiger charge is 2.44. The van der Waals surface area contributed by atoms with Crippen LogP contribution >= 0.6 is 0 Å². The van der Waals surface area contributed by atoms with Crippen LogP contribution in [0.15, 0.2) is 0 Å². The molecule has 0 aromatic heterocycles. The van der Waals surface area contributed by atoms with Crippen LogP contribution < -0.4 is 10.8 Å². The molecule has 3 aliphatic rings. The molecule has 21 heavy (non-hydrogen) atoms. The van der Waals surface area contributed by atoms with E-state index in [0.717, 1.165) is 25.9 Å². The van der Waals surface area contributed by atoms with Gasteiger partial charge in [-0.2, -0.15) is 5.48 Å². The fourth-order valence-corrected chi connectivity index (χ4v) is 3.99. The van der Waals surface area contributed by atoms with Crippen LogP contribution in [-0.4, -0.2) is 25.1 Å². The molecule has 2 saturated heterocycles. The molecule has 3 fully saturated rings. The molecular weight excluding hydrogens is 264 g/mol. The predicted octanol–water partition coefficient (Wildman–Crippen LogP) is 3.47. The highest BCUT2D eigenvalue weighted by atomic mass is 16.9. The van der Waals surface area contributed by atoms with E-state index in [1.807, 2.05) is 0 Å². The van der Waals surface area contributed by atoms with E-state index in [0.29, 0.717) is 5.92 Å². The lowest BCUT2D eigenvalue weighted by molar-refractivity contribution is -0.196. The molecule has 0 aromatic carbocycles. The summed E-state index contributed by atoms with van der Waals surface area (Å²) in [7, 11) is 0. The first-order valence-electron chi connectivity index (χ1n) is 9.20. The van der Waals surface area contributed by atoms with E-state index >= 15 is 0 Å². The molecule has 1 saturated carbocycles. The Morgan fingerprint density at radius 1 is 0.762 bits per heavy atom. The average molecular weight is 296 g/mol. The van der Waals surface area contributed by atoms with E-state index in [1.54, 1.807) is 0 Å². The van der Waals surface area contributed by atoms with Gasteiger partial charge in [0, 0.05) is 31.8 Å². The fraction of sp³-hybridized carbons (Fsp3) is 1.00. The lowest BCUT2D eigenvalue weighted by Gasteiger charge is -2.31. The maximum Gasteiger partial charge on any atom is 0.192 e. The van der Waals surface area contributed by atoms with Gasteiger partial charge in [-0.15, -0.1) is 0 Å². The third kappa shape index (κ3) is 4.41. The first-order chi connectivity index (χ1) is 10.4. The fourth-order valence-electron chi connectivity index (χ4n) is 3.99. The zero-order valence-corrected chi connectivity index (χ0v) is 13.4. The molecule has 1 aliphatic carbocycles. The first kappa shape index (κ1) is 15.7. The van der Waals surface area contributed by atoms with Crippen molar-refractivity contribution < 1.29 is 9.57 Å². The number of hydrogen-bond acceptors (Lipinski definition) is 4. The van der Waals surface area contributed by atoms with Gasteiger partial charge in [0.1, 0.15) is 6.23 Å². The molecule has 0 aromatic rings. The van der Waals surface area contributed by atoms with Gasteiger partial charge in [0.2, 0.25) is 0 Å². The number of rotatable bonds is 1. The van der Waals surface area contributed by atoms with Gasteiger partial charge in [-0.05, 0) is 12.8 Å². The van der Waals surface area contributed by atoms with Crippen LogP contribution in [-0.2, 0) is 9.57 Å². The summed E-state index contributed by atoms with van der Waals surface area (Å²) in [6.07, 6.45) is 15.8. The second-order valence-electron chi connectivity index (χ2n) is 7.08. The topological polar surface area (TPSA) is 42.5 Å². The molecule has 1 atom stereocenters. The van der Waals surface area contributed by atoms with E-state index in [-0.39, 0.29) is 12.0 Å².